The van der Waals surface area contributed by atoms with Crippen molar-refractivity contribution in [2.75, 3.05) is 0 Å². The Labute approximate surface area is 246 Å². The maximum Gasteiger partial charge on any atom is 0.0249 e. The van der Waals surface area contributed by atoms with E-state index in [1.165, 1.54) is 114 Å². The zero-order valence-electron chi connectivity index (χ0n) is 25.2. The summed E-state index contributed by atoms with van der Waals surface area (Å²) in [5.41, 5.74) is 7.03. The third kappa shape index (κ3) is 13.2. The van der Waals surface area contributed by atoms with E-state index in [0.717, 1.165) is 22.3 Å². The number of benzene rings is 3. The zero-order chi connectivity index (χ0) is 28.1. The SMILES string of the molecule is CCCCCCCCCc1ccc(C#Cc2ccc(C#Cc3ccc(CCCCCCCCC)cc3)cc2)cc1. The van der Waals surface area contributed by atoms with Crippen LogP contribution in [-0.2, 0) is 12.8 Å². The fourth-order valence-corrected chi connectivity index (χ4v) is 5.01. The van der Waals surface area contributed by atoms with Crippen LogP contribution in [0.15, 0.2) is 72.8 Å². The Kier molecular flexibility index (Phi) is 15.5. The quantitative estimate of drug-likeness (QED) is 0.128. The number of hydrogen-bond donors (Lipinski definition) is 0. The van der Waals surface area contributed by atoms with E-state index in [9.17, 15) is 0 Å². The summed E-state index contributed by atoms with van der Waals surface area (Å²) in [5.74, 6) is 13.2. The Bertz CT molecular complexity index is 1090. The van der Waals surface area contributed by atoms with Gasteiger partial charge in [0.1, 0.15) is 0 Å². The van der Waals surface area contributed by atoms with Crippen molar-refractivity contribution in [1.29, 1.82) is 0 Å². The molecule has 210 valence electrons. The number of aryl methyl sites for hydroxylation is 2. The molecule has 0 saturated heterocycles. The second kappa shape index (κ2) is 19.8. The van der Waals surface area contributed by atoms with Gasteiger partial charge in [0.15, 0.2) is 0 Å². The molecule has 0 aliphatic rings. The fraction of sp³-hybridized carbons (Fsp3) is 0.450. The Morgan fingerprint density at radius 2 is 0.575 bits per heavy atom. The van der Waals surface area contributed by atoms with Crippen molar-refractivity contribution < 1.29 is 0 Å². The third-order valence-electron chi connectivity index (χ3n) is 7.63. The van der Waals surface area contributed by atoms with Gasteiger partial charge in [0.2, 0.25) is 0 Å². The molecule has 40 heavy (non-hydrogen) atoms. The van der Waals surface area contributed by atoms with Crippen LogP contribution in [0.1, 0.15) is 137 Å². The second-order valence-electron chi connectivity index (χ2n) is 11.2. The molecule has 0 unspecified atom stereocenters. The Hall–Kier alpha value is -3.22. The van der Waals surface area contributed by atoms with Gasteiger partial charge in [-0.3, -0.25) is 0 Å². The predicted octanol–water partition coefficient (Wildman–Crippen LogP) is 11.1. The first-order chi connectivity index (χ1) is 19.8. The van der Waals surface area contributed by atoms with E-state index in [1.54, 1.807) is 0 Å². The Morgan fingerprint density at radius 1 is 0.325 bits per heavy atom. The highest BCUT2D eigenvalue weighted by molar-refractivity contribution is 5.48. The van der Waals surface area contributed by atoms with Gasteiger partial charge in [-0.05, 0) is 85.3 Å². The normalized spacial score (nSPS) is 10.4. The first-order valence-corrected chi connectivity index (χ1v) is 16.1. The summed E-state index contributed by atoms with van der Waals surface area (Å²) in [4.78, 5) is 0. The van der Waals surface area contributed by atoms with E-state index >= 15 is 0 Å². The molecule has 0 heteroatoms. The fourth-order valence-electron chi connectivity index (χ4n) is 5.01. The molecule has 0 atom stereocenters. The van der Waals surface area contributed by atoms with Crippen LogP contribution < -0.4 is 0 Å². The topological polar surface area (TPSA) is 0 Å². The van der Waals surface area contributed by atoms with Gasteiger partial charge in [0.25, 0.3) is 0 Å². The van der Waals surface area contributed by atoms with E-state index in [2.05, 4.69) is 110 Å². The summed E-state index contributed by atoms with van der Waals surface area (Å²) in [7, 11) is 0. The highest BCUT2D eigenvalue weighted by Gasteiger charge is 1.97. The van der Waals surface area contributed by atoms with E-state index < -0.39 is 0 Å². The van der Waals surface area contributed by atoms with Crippen molar-refractivity contribution in [2.45, 2.75) is 117 Å². The van der Waals surface area contributed by atoms with Gasteiger partial charge in [-0.15, -0.1) is 0 Å². The summed E-state index contributed by atoms with van der Waals surface area (Å²) in [6.45, 7) is 4.55. The molecule has 0 spiro atoms. The van der Waals surface area contributed by atoms with Gasteiger partial charge in [0, 0.05) is 22.3 Å². The van der Waals surface area contributed by atoms with Crippen molar-refractivity contribution in [1.82, 2.24) is 0 Å². The van der Waals surface area contributed by atoms with E-state index in [-0.39, 0.29) is 0 Å². The highest BCUT2D eigenvalue weighted by atomic mass is 14.0. The number of rotatable bonds is 16. The van der Waals surface area contributed by atoms with E-state index in [0.29, 0.717) is 0 Å². The molecule has 3 aromatic carbocycles. The van der Waals surface area contributed by atoms with Gasteiger partial charge >= 0.3 is 0 Å². The number of unbranched alkanes of at least 4 members (excludes halogenated alkanes) is 12. The lowest BCUT2D eigenvalue weighted by molar-refractivity contribution is 0.589. The summed E-state index contributed by atoms with van der Waals surface area (Å²) >= 11 is 0. The number of hydrogen-bond acceptors (Lipinski definition) is 0. The van der Waals surface area contributed by atoms with Crippen LogP contribution in [0.4, 0.5) is 0 Å². The monoisotopic (exact) mass is 530 g/mol. The van der Waals surface area contributed by atoms with Crippen LogP contribution >= 0.6 is 0 Å². The van der Waals surface area contributed by atoms with Crippen LogP contribution in [0.25, 0.3) is 0 Å². The molecule has 0 aliphatic heterocycles. The summed E-state index contributed by atoms with van der Waals surface area (Å²) in [6.07, 6.45) is 21.4. The van der Waals surface area contributed by atoms with Crippen molar-refractivity contribution in [2.24, 2.45) is 0 Å². The molecular weight excluding hydrogens is 480 g/mol. The summed E-state index contributed by atoms with van der Waals surface area (Å²) in [5, 5.41) is 0. The Balaban J connectivity index is 1.39. The molecule has 0 fully saturated rings. The Morgan fingerprint density at radius 3 is 0.875 bits per heavy atom. The van der Waals surface area contributed by atoms with E-state index in [1.807, 2.05) is 0 Å². The molecular formula is C40H50. The maximum atomic E-state index is 3.31. The lowest BCUT2D eigenvalue weighted by Gasteiger charge is -2.02. The molecule has 0 aliphatic carbocycles. The molecule has 0 nitrogen and oxygen atoms in total. The lowest BCUT2D eigenvalue weighted by Crippen LogP contribution is -1.87. The van der Waals surface area contributed by atoms with Crippen LogP contribution in [-0.4, -0.2) is 0 Å². The largest absolute Gasteiger partial charge is 0.0654 e. The second-order valence-corrected chi connectivity index (χ2v) is 11.2. The van der Waals surface area contributed by atoms with Crippen LogP contribution in [0.5, 0.6) is 0 Å². The van der Waals surface area contributed by atoms with Gasteiger partial charge in [-0.25, -0.2) is 0 Å². The van der Waals surface area contributed by atoms with Crippen molar-refractivity contribution in [3.05, 3.63) is 106 Å². The van der Waals surface area contributed by atoms with Crippen LogP contribution in [0.3, 0.4) is 0 Å². The standard InChI is InChI=1S/C40H50/c1-3-5-7-9-11-13-15-17-35-19-23-37(24-20-35)27-29-39-31-33-40(34-32-39)30-28-38-25-21-36(22-26-38)18-16-14-12-10-8-6-4-2/h19-26,31-34H,3-18H2,1-2H3. The minimum absolute atomic E-state index is 1.02. The van der Waals surface area contributed by atoms with Gasteiger partial charge in [-0.1, -0.05) is 139 Å². The average molecular weight is 531 g/mol. The summed E-state index contributed by atoms with van der Waals surface area (Å²) < 4.78 is 0. The molecule has 3 rings (SSSR count). The van der Waals surface area contributed by atoms with Crippen LogP contribution in [0.2, 0.25) is 0 Å². The zero-order valence-corrected chi connectivity index (χ0v) is 25.2. The molecule has 0 amide bonds. The molecule has 0 saturated carbocycles. The lowest BCUT2D eigenvalue weighted by atomic mass is 10.0. The first kappa shape index (κ1) is 31.3. The average Bonchev–Trinajstić information content (AvgIpc) is 3.00. The smallest absolute Gasteiger partial charge is 0.0249 e. The van der Waals surface area contributed by atoms with Crippen LogP contribution in [0, 0.1) is 23.7 Å². The minimum Gasteiger partial charge on any atom is -0.0654 e. The van der Waals surface area contributed by atoms with Crippen molar-refractivity contribution in [3.63, 3.8) is 0 Å². The van der Waals surface area contributed by atoms with Gasteiger partial charge in [0.05, 0.1) is 0 Å². The molecule has 0 heterocycles. The maximum absolute atomic E-state index is 3.31. The molecule has 0 N–H and O–H groups in total. The third-order valence-corrected chi connectivity index (χ3v) is 7.63. The van der Waals surface area contributed by atoms with Crippen molar-refractivity contribution >= 4 is 0 Å². The molecule has 3 aromatic rings. The van der Waals surface area contributed by atoms with Gasteiger partial charge in [-0.2, -0.15) is 0 Å². The first-order valence-electron chi connectivity index (χ1n) is 16.1. The highest BCUT2D eigenvalue weighted by Crippen LogP contribution is 2.13. The minimum atomic E-state index is 1.02. The van der Waals surface area contributed by atoms with Crippen molar-refractivity contribution in [3.8, 4) is 23.7 Å². The predicted molar refractivity (Wildman–Crippen MR) is 175 cm³/mol. The molecule has 0 aromatic heterocycles. The van der Waals surface area contributed by atoms with Gasteiger partial charge < -0.3 is 0 Å². The summed E-state index contributed by atoms with van der Waals surface area (Å²) in [6, 6.07) is 25.8. The van der Waals surface area contributed by atoms with E-state index in [4.69, 9.17) is 0 Å². The molecule has 0 radical (unpaired) electrons. The molecule has 0 bridgehead atoms.